The van der Waals surface area contributed by atoms with Crippen LogP contribution in [0.4, 0.5) is 34.1 Å². The molecular weight excluding hydrogens is 731 g/mol. The van der Waals surface area contributed by atoms with Gasteiger partial charge in [0.15, 0.2) is 5.58 Å². The second-order valence-corrected chi connectivity index (χ2v) is 15.3. The van der Waals surface area contributed by atoms with Gasteiger partial charge in [0.25, 0.3) is 0 Å². The first-order chi connectivity index (χ1) is 29.8. The van der Waals surface area contributed by atoms with Crippen molar-refractivity contribution in [2.75, 3.05) is 9.80 Å². The van der Waals surface area contributed by atoms with Crippen molar-refractivity contribution in [3.63, 3.8) is 0 Å². The van der Waals surface area contributed by atoms with Crippen LogP contribution in [0.2, 0.25) is 0 Å². The summed E-state index contributed by atoms with van der Waals surface area (Å²) in [5.41, 5.74) is 11.4. The summed E-state index contributed by atoms with van der Waals surface area (Å²) in [6.07, 6.45) is 0. The van der Waals surface area contributed by atoms with Crippen molar-refractivity contribution in [2.24, 2.45) is 0 Å². The average Bonchev–Trinajstić information content (AvgIpc) is 3.87. The molecule has 0 amide bonds. The van der Waals surface area contributed by atoms with Crippen LogP contribution in [-0.4, -0.2) is 4.57 Å². The van der Waals surface area contributed by atoms with Crippen molar-refractivity contribution in [3.05, 3.63) is 224 Å². The van der Waals surface area contributed by atoms with Gasteiger partial charge in [-0.3, -0.25) is 0 Å². The van der Waals surface area contributed by atoms with Gasteiger partial charge >= 0.3 is 0 Å². The van der Waals surface area contributed by atoms with Gasteiger partial charge in [0, 0.05) is 61.1 Å². The van der Waals surface area contributed by atoms with Crippen LogP contribution in [0.15, 0.2) is 229 Å². The molecular formula is C56H37N3O. The number of furan rings is 1. The minimum absolute atomic E-state index is 0.852. The Bertz CT molecular complexity index is 3550. The molecule has 4 heteroatoms. The zero-order valence-corrected chi connectivity index (χ0v) is 32.6. The highest BCUT2D eigenvalue weighted by molar-refractivity contribution is 6.22. The van der Waals surface area contributed by atoms with E-state index >= 15 is 0 Å². The fourth-order valence-corrected chi connectivity index (χ4v) is 9.26. The molecule has 0 saturated carbocycles. The summed E-state index contributed by atoms with van der Waals surface area (Å²) in [6.45, 7) is 0. The Balaban J connectivity index is 1.07. The van der Waals surface area contributed by atoms with Crippen molar-refractivity contribution >= 4 is 99.4 Å². The normalized spacial score (nSPS) is 11.7. The molecule has 0 N–H and O–H groups in total. The van der Waals surface area contributed by atoms with E-state index in [0.717, 1.165) is 78.0 Å². The van der Waals surface area contributed by atoms with Crippen molar-refractivity contribution in [1.82, 2.24) is 4.57 Å². The monoisotopic (exact) mass is 767 g/mol. The zero-order valence-electron chi connectivity index (χ0n) is 32.6. The summed E-state index contributed by atoms with van der Waals surface area (Å²) in [5, 5.41) is 9.44. The lowest BCUT2D eigenvalue weighted by atomic mass is 10.0. The van der Waals surface area contributed by atoms with Crippen LogP contribution in [0.25, 0.3) is 71.0 Å². The second kappa shape index (κ2) is 13.8. The van der Waals surface area contributed by atoms with E-state index in [2.05, 4.69) is 239 Å². The van der Waals surface area contributed by atoms with Gasteiger partial charge in [-0.2, -0.15) is 0 Å². The smallest absolute Gasteiger partial charge is 0.159 e. The minimum atomic E-state index is 0.852. The molecule has 282 valence electrons. The second-order valence-electron chi connectivity index (χ2n) is 15.3. The Morgan fingerprint density at radius 2 is 0.850 bits per heavy atom. The first-order valence-electron chi connectivity index (χ1n) is 20.4. The van der Waals surface area contributed by atoms with E-state index in [1.807, 2.05) is 0 Å². The molecule has 12 rings (SSSR count). The Morgan fingerprint density at radius 3 is 1.62 bits per heavy atom. The van der Waals surface area contributed by atoms with Crippen LogP contribution in [0.5, 0.6) is 0 Å². The van der Waals surface area contributed by atoms with Crippen LogP contribution in [0.3, 0.4) is 0 Å². The Morgan fingerprint density at radius 1 is 0.317 bits per heavy atom. The molecule has 0 aliphatic carbocycles. The third-order valence-electron chi connectivity index (χ3n) is 11.9. The molecule has 4 nitrogen and oxygen atoms in total. The van der Waals surface area contributed by atoms with Crippen molar-refractivity contribution in [2.45, 2.75) is 0 Å². The summed E-state index contributed by atoms with van der Waals surface area (Å²) in [5.74, 6) is 0. The lowest BCUT2D eigenvalue weighted by Gasteiger charge is -2.29. The molecule has 0 saturated heterocycles. The van der Waals surface area contributed by atoms with Crippen LogP contribution < -0.4 is 9.80 Å². The minimum Gasteiger partial charge on any atom is -0.453 e. The molecule has 12 aromatic rings. The zero-order chi connectivity index (χ0) is 39.6. The summed E-state index contributed by atoms with van der Waals surface area (Å²) >= 11 is 0. The molecule has 0 aliphatic heterocycles. The molecule has 0 atom stereocenters. The van der Waals surface area contributed by atoms with E-state index in [4.69, 9.17) is 4.42 Å². The van der Waals surface area contributed by atoms with E-state index in [1.165, 1.54) is 27.1 Å². The first-order valence-corrected chi connectivity index (χ1v) is 20.4. The maximum Gasteiger partial charge on any atom is 0.159 e. The topological polar surface area (TPSA) is 24.6 Å². The van der Waals surface area contributed by atoms with Crippen LogP contribution >= 0.6 is 0 Å². The predicted molar refractivity (Wildman–Crippen MR) is 252 cm³/mol. The summed E-state index contributed by atoms with van der Waals surface area (Å²) < 4.78 is 9.33. The molecule has 2 heterocycles. The lowest BCUT2D eigenvalue weighted by Crippen LogP contribution is -2.13. The van der Waals surface area contributed by atoms with E-state index in [9.17, 15) is 0 Å². The van der Waals surface area contributed by atoms with Gasteiger partial charge in [0.1, 0.15) is 5.58 Å². The average molecular weight is 768 g/mol. The van der Waals surface area contributed by atoms with Crippen molar-refractivity contribution in [3.8, 4) is 5.69 Å². The molecule has 0 radical (unpaired) electrons. The van der Waals surface area contributed by atoms with Gasteiger partial charge in [-0.05, 0) is 101 Å². The summed E-state index contributed by atoms with van der Waals surface area (Å²) in [4.78, 5) is 4.69. The quantitative estimate of drug-likeness (QED) is 0.161. The van der Waals surface area contributed by atoms with Crippen molar-refractivity contribution in [1.29, 1.82) is 0 Å². The van der Waals surface area contributed by atoms with Gasteiger partial charge in [-0.1, -0.05) is 140 Å². The van der Waals surface area contributed by atoms with E-state index in [-0.39, 0.29) is 0 Å². The third kappa shape index (κ3) is 5.39. The van der Waals surface area contributed by atoms with Gasteiger partial charge in [0.05, 0.1) is 16.7 Å². The highest BCUT2D eigenvalue weighted by Crippen LogP contribution is 2.46. The lowest BCUT2D eigenvalue weighted by molar-refractivity contribution is 0.673. The maximum absolute atomic E-state index is 6.92. The molecule has 60 heavy (non-hydrogen) atoms. The van der Waals surface area contributed by atoms with Gasteiger partial charge in [-0.15, -0.1) is 0 Å². The van der Waals surface area contributed by atoms with Gasteiger partial charge < -0.3 is 18.8 Å². The standard InChI is InChI=1S/C56H37N3O/c1-4-18-40(19-5-1)57(45-32-34-50-53(37-45)59(42-22-8-3-9-23-42)51-35-31-38-16-10-12-26-46(38)54(50)51)43-24-14-25-44(36-43)58(41-20-6-2-7-21-41)52-29-15-28-48-49-33-30-39-17-11-13-27-47(39)55(49)60-56(48)52/h1-37H. The Labute approximate surface area is 347 Å². The molecule has 0 spiro atoms. The van der Waals surface area contributed by atoms with Crippen molar-refractivity contribution < 1.29 is 4.42 Å². The number of aromatic nitrogens is 1. The Kier molecular flexibility index (Phi) is 7.82. The number of anilines is 6. The number of hydrogen-bond acceptors (Lipinski definition) is 3. The number of fused-ring (bicyclic) bond motifs is 10. The van der Waals surface area contributed by atoms with E-state index in [0.29, 0.717) is 0 Å². The SMILES string of the molecule is c1ccc(N(c2cccc(N(c3ccccc3)c3cccc4c3oc3c5ccccc5ccc43)c2)c2ccc3c4c5ccccc5ccc4n(-c4ccccc4)c3c2)cc1. The first kappa shape index (κ1) is 34.0. The molecule has 0 aliphatic rings. The molecule has 10 aromatic carbocycles. The largest absolute Gasteiger partial charge is 0.453 e. The van der Waals surface area contributed by atoms with Gasteiger partial charge in [-0.25, -0.2) is 0 Å². The van der Waals surface area contributed by atoms with E-state index in [1.54, 1.807) is 0 Å². The number of benzene rings is 10. The van der Waals surface area contributed by atoms with Crippen LogP contribution in [0, 0.1) is 0 Å². The fourth-order valence-electron chi connectivity index (χ4n) is 9.26. The predicted octanol–water partition coefficient (Wildman–Crippen LogP) is 15.9. The highest BCUT2D eigenvalue weighted by atomic mass is 16.3. The number of hydrogen-bond donors (Lipinski definition) is 0. The number of nitrogens with zero attached hydrogens (tertiary/aromatic N) is 3. The third-order valence-corrected chi connectivity index (χ3v) is 11.9. The maximum atomic E-state index is 6.92. The van der Waals surface area contributed by atoms with E-state index < -0.39 is 0 Å². The number of para-hydroxylation sites is 4. The summed E-state index contributed by atoms with van der Waals surface area (Å²) in [7, 11) is 0. The fraction of sp³-hybridized carbons (Fsp3) is 0. The number of rotatable bonds is 7. The molecule has 0 fully saturated rings. The molecule has 0 unspecified atom stereocenters. The van der Waals surface area contributed by atoms with Gasteiger partial charge in [0.2, 0.25) is 0 Å². The molecule has 0 bridgehead atoms. The Hall–Kier alpha value is -8.08. The van der Waals surface area contributed by atoms with Crippen LogP contribution in [-0.2, 0) is 0 Å². The summed E-state index contributed by atoms with van der Waals surface area (Å²) in [6, 6.07) is 80.3. The molecule has 2 aromatic heterocycles. The highest BCUT2D eigenvalue weighted by Gasteiger charge is 2.23. The van der Waals surface area contributed by atoms with Crippen LogP contribution in [0.1, 0.15) is 0 Å².